The molecule has 0 bridgehead atoms. The van der Waals surface area contributed by atoms with E-state index >= 15 is 0 Å². The molecule has 0 unspecified atom stereocenters. The highest BCUT2D eigenvalue weighted by atomic mass is 16.6. The third-order valence-corrected chi connectivity index (χ3v) is 6.41. The first-order valence-corrected chi connectivity index (χ1v) is 13.0. The van der Waals surface area contributed by atoms with E-state index in [4.69, 9.17) is 14.2 Å². The number of fused-ring (bicyclic) bond motifs is 1. The fourth-order valence-electron chi connectivity index (χ4n) is 4.23. The van der Waals surface area contributed by atoms with E-state index in [1.54, 1.807) is 12.4 Å². The molecule has 0 N–H and O–H groups in total. The van der Waals surface area contributed by atoms with Crippen molar-refractivity contribution in [3.05, 3.63) is 48.8 Å². The van der Waals surface area contributed by atoms with E-state index in [0.29, 0.717) is 24.3 Å². The number of hydrogen-bond acceptors (Lipinski definition) is 5. The van der Waals surface area contributed by atoms with E-state index in [1.165, 1.54) is 44.9 Å². The molecule has 0 aliphatic carbocycles. The molecule has 1 saturated heterocycles. The molecule has 1 aliphatic heterocycles. The van der Waals surface area contributed by atoms with Crippen molar-refractivity contribution in [2.24, 2.45) is 0 Å². The molecule has 1 aromatic heterocycles. The molecule has 5 nitrogen and oxygen atoms in total. The molecule has 34 heavy (non-hydrogen) atoms. The first-order valence-electron chi connectivity index (χ1n) is 13.0. The van der Waals surface area contributed by atoms with Crippen LogP contribution in [0.25, 0.3) is 22.2 Å². The van der Waals surface area contributed by atoms with Crippen LogP contribution in [0, 0.1) is 0 Å². The zero-order valence-electron chi connectivity index (χ0n) is 20.7. The molecule has 2 heterocycles. The highest BCUT2D eigenvalue weighted by molar-refractivity contribution is 5.87. The van der Waals surface area contributed by atoms with Crippen molar-refractivity contribution in [1.29, 1.82) is 0 Å². The number of epoxide rings is 1. The molecule has 0 saturated carbocycles. The second-order valence-electron chi connectivity index (χ2n) is 9.25. The fraction of sp³-hybridized carbons (Fsp3) is 0.517. The molecule has 4 rings (SSSR count). The van der Waals surface area contributed by atoms with Crippen LogP contribution in [0.1, 0.15) is 71.6 Å². The molecule has 0 radical (unpaired) electrons. The van der Waals surface area contributed by atoms with Gasteiger partial charge in [0, 0.05) is 5.56 Å². The van der Waals surface area contributed by atoms with Crippen LogP contribution < -0.4 is 9.47 Å². The zero-order valence-corrected chi connectivity index (χ0v) is 20.7. The maximum Gasteiger partial charge on any atom is 0.159 e. The van der Waals surface area contributed by atoms with Crippen LogP contribution in [0.3, 0.4) is 0 Å². The lowest BCUT2D eigenvalue weighted by Crippen LogP contribution is -2.08. The number of benzene rings is 2. The summed E-state index contributed by atoms with van der Waals surface area (Å²) in [6, 6.07) is 12.6. The second-order valence-corrected chi connectivity index (χ2v) is 9.25. The average Bonchev–Trinajstić information content (AvgIpc) is 3.64. The minimum Gasteiger partial charge on any atom is -0.494 e. The summed E-state index contributed by atoms with van der Waals surface area (Å²) >= 11 is 0. The number of ether oxygens (including phenoxy) is 3. The van der Waals surface area contributed by atoms with Gasteiger partial charge in [-0.05, 0) is 41.8 Å². The van der Waals surface area contributed by atoms with Crippen molar-refractivity contribution in [1.82, 2.24) is 9.97 Å². The van der Waals surface area contributed by atoms with Crippen molar-refractivity contribution < 1.29 is 14.2 Å². The van der Waals surface area contributed by atoms with Gasteiger partial charge in [0.05, 0.1) is 25.1 Å². The van der Waals surface area contributed by atoms with E-state index in [-0.39, 0.29) is 6.10 Å². The summed E-state index contributed by atoms with van der Waals surface area (Å²) < 4.78 is 17.4. The minimum atomic E-state index is 0.214. The monoisotopic (exact) mass is 462 g/mol. The Morgan fingerprint density at radius 3 is 2.29 bits per heavy atom. The van der Waals surface area contributed by atoms with Gasteiger partial charge in [0.25, 0.3) is 0 Å². The van der Waals surface area contributed by atoms with E-state index in [0.717, 1.165) is 41.5 Å². The Morgan fingerprint density at radius 2 is 1.47 bits per heavy atom. The summed E-state index contributed by atoms with van der Waals surface area (Å²) in [6.07, 6.45) is 15.2. The highest BCUT2D eigenvalue weighted by Crippen LogP contribution is 2.29. The van der Waals surface area contributed by atoms with E-state index in [2.05, 4.69) is 60.2 Å². The Kier molecular flexibility index (Phi) is 9.14. The molecule has 0 spiro atoms. The van der Waals surface area contributed by atoms with Gasteiger partial charge in [0.2, 0.25) is 0 Å². The Bertz CT molecular complexity index is 1020. The highest BCUT2D eigenvalue weighted by Gasteiger charge is 2.38. The number of nitrogens with zero attached hydrogens (tertiary/aromatic N) is 2. The molecule has 1 aliphatic rings. The van der Waals surface area contributed by atoms with Crippen LogP contribution >= 0.6 is 0 Å². The first-order chi connectivity index (χ1) is 16.8. The first kappa shape index (κ1) is 24.5. The van der Waals surface area contributed by atoms with Crippen molar-refractivity contribution in [3.63, 3.8) is 0 Å². The second kappa shape index (κ2) is 12.7. The van der Waals surface area contributed by atoms with Gasteiger partial charge in [0.1, 0.15) is 18.5 Å². The number of aromatic nitrogens is 2. The van der Waals surface area contributed by atoms with Crippen LogP contribution in [0.15, 0.2) is 48.8 Å². The summed E-state index contributed by atoms with van der Waals surface area (Å²) in [7, 11) is 0. The zero-order chi connectivity index (χ0) is 23.6. The Balaban J connectivity index is 1.26. The lowest BCUT2D eigenvalue weighted by Gasteiger charge is -2.09. The van der Waals surface area contributed by atoms with E-state index in [1.807, 2.05) is 0 Å². The summed E-state index contributed by atoms with van der Waals surface area (Å²) in [6.45, 7) is 5.80. The van der Waals surface area contributed by atoms with Gasteiger partial charge in [-0.2, -0.15) is 0 Å². The van der Waals surface area contributed by atoms with Gasteiger partial charge in [-0.3, -0.25) is 0 Å². The molecule has 5 heteroatoms. The number of unbranched alkanes of at least 4 members (excludes halogenated alkanes) is 6. The Morgan fingerprint density at radius 1 is 0.735 bits per heavy atom. The summed E-state index contributed by atoms with van der Waals surface area (Å²) in [4.78, 5) is 9.03. The molecule has 1 fully saturated rings. The summed E-state index contributed by atoms with van der Waals surface area (Å²) in [5.74, 6) is 2.31. The predicted octanol–water partition coefficient (Wildman–Crippen LogP) is 7.37. The lowest BCUT2D eigenvalue weighted by atomic mass is 10.1. The van der Waals surface area contributed by atoms with Gasteiger partial charge in [-0.1, -0.05) is 77.0 Å². The average molecular weight is 463 g/mol. The van der Waals surface area contributed by atoms with Gasteiger partial charge < -0.3 is 14.2 Å². The van der Waals surface area contributed by atoms with Crippen molar-refractivity contribution >= 4 is 10.8 Å². The van der Waals surface area contributed by atoms with Gasteiger partial charge in [0.15, 0.2) is 11.6 Å². The Hall–Kier alpha value is -2.66. The van der Waals surface area contributed by atoms with Crippen molar-refractivity contribution in [2.75, 3.05) is 13.2 Å². The van der Waals surface area contributed by atoms with Crippen molar-refractivity contribution in [3.8, 4) is 22.9 Å². The molecule has 0 amide bonds. The van der Waals surface area contributed by atoms with E-state index in [9.17, 15) is 0 Å². The maximum atomic E-state index is 5.97. The summed E-state index contributed by atoms with van der Waals surface area (Å²) in [5, 5.41) is 2.31. The van der Waals surface area contributed by atoms with Crippen LogP contribution in [-0.4, -0.2) is 35.4 Å². The van der Waals surface area contributed by atoms with Crippen LogP contribution in [0.2, 0.25) is 0 Å². The molecule has 2 atom stereocenters. The van der Waals surface area contributed by atoms with Gasteiger partial charge in [-0.15, -0.1) is 0 Å². The third kappa shape index (κ3) is 7.17. The largest absolute Gasteiger partial charge is 0.494 e. The predicted molar refractivity (Wildman–Crippen MR) is 138 cm³/mol. The minimum absolute atomic E-state index is 0.214. The fourth-order valence-corrected chi connectivity index (χ4v) is 4.23. The number of rotatable bonds is 15. The smallest absolute Gasteiger partial charge is 0.159 e. The lowest BCUT2D eigenvalue weighted by molar-refractivity contribution is 0.258. The molecular formula is C29H38N2O3. The standard InChI is InChI=1S/C29H38N2O3/c1-3-5-7-8-9-10-16-32-25-15-14-22-17-24(13-12-23(22)18-25)29-30-19-26(20-31-29)33-21-28-27(34-28)11-6-4-2/h12-15,17-20,27-28H,3-11,16,21H2,1-2H3/t27-,28-/m0/s1. The third-order valence-electron chi connectivity index (χ3n) is 6.41. The topological polar surface area (TPSA) is 56.8 Å². The maximum absolute atomic E-state index is 5.97. The van der Waals surface area contributed by atoms with Crippen LogP contribution in [0.5, 0.6) is 11.5 Å². The van der Waals surface area contributed by atoms with Crippen molar-refractivity contribution in [2.45, 2.75) is 83.8 Å². The molecule has 182 valence electrons. The molecule has 3 aromatic rings. The summed E-state index contributed by atoms with van der Waals surface area (Å²) in [5.41, 5.74) is 0.991. The molecular weight excluding hydrogens is 424 g/mol. The quantitative estimate of drug-likeness (QED) is 0.174. The van der Waals surface area contributed by atoms with E-state index < -0.39 is 0 Å². The number of hydrogen-bond donors (Lipinski definition) is 0. The van der Waals surface area contributed by atoms with Gasteiger partial charge in [-0.25, -0.2) is 9.97 Å². The SMILES string of the molecule is CCCCCCCCOc1ccc2cc(-c3ncc(OC[C@@H]4O[C@H]4CCCC)cn3)ccc2c1. The Labute approximate surface area is 203 Å². The van der Waals surface area contributed by atoms with Crippen LogP contribution in [0.4, 0.5) is 0 Å². The normalized spacial score (nSPS) is 17.1. The van der Waals surface area contributed by atoms with Gasteiger partial charge >= 0.3 is 0 Å². The molecule has 2 aromatic carbocycles. The van der Waals surface area contributed by atoms with Crippen LogP contribution in [-0.2, 0) is 4.74 Å².